The quantitative estimate of drug-likeness (QED) is 0.754. The Labute approximate surface area is 139 Å². The molecule has 2 aromatic rings. The van der Waals surface area contributed by atoms with E-state index >= 15 is 0 Å². The fourth-order valence-corrected chi connectivity index (χ4v) is 4.02. The van der Waals surface area contributed by atoms with Gasteiger partial charge in [-0.25, -0.2) is 0 Å². The summed E-state index contributed by atoms with van der Waals surface area (Å²) in [5, 5.41) is 3.67. The van der Waals surface area contributed by atoms with Gasteiger partial charge in [0.2, 0.25) is 0 Å². The molecule has 0 saturated carbocycles. The molecule has 1 aromatic carbocycles. The lowest BCUT2D eigenvalue weighted by Gasteiger charge is -2.20. The van der Waals surface area contributed by atoms with Crippen molar-refractivity contribution in [2.45, 2.75) is 33.2 Å². The van der Waals surface area contributed by atoms with Gasteiger partial charge in [0.15, 0.2) is 0 Å². The first-order valence-corrected chi connectivity index (χ1v) is 8.81. The molecule has 0 fully saturated rings. The molecule has 0 amide bonds. The van der Waals surface area contributed by atoms with Crippen LogP contribution in [0.15, 0.2) is 28.7 Å². The third kappa shape index (κ3) is 3.87. The van der Waals surface area contributed by atoms with Gasteiger partial charge in [-0.15, -0.1) is 11.3 Å². The fourth-order valence-electron chi connectivity index (χ4n) is 2.50. The van der Waals surface area contributed by atoms with Crippen LogP contribution in [0.1, 0.15) is 40.3 Å². The van der Waals surface area contributed by atoms with Gasteiger partial charge in [-0.2, -0.15) is 0 Å². The van der Waals surface area contributed by atoms with Crippen molar-refractivity contribution in [1.29, 1.82) is 0 Å². The molecule has 1 unspecified atom stereocenters. The number of aryl methyl sites for hydroxylation is 2. The van der Waals surface area contributed by atoms with Gasteiger partial charge < -0.3 is 10.1 Å². The minimum atomic E-state index is 0.233. The van der Waals surface area contributed by atoms with Gasteiger partial charge in [-0.3, -0.25) is 0 Å². The molecule has 0 aliphatic rings. The first-order chi connectivity index (χ1) is 10.1. The van der Waals surface area contributed by atoms with E-state index in [-0.39, 0.29) is 6.04 Å². The van der Waals surface area contributed by atoms with Gasteiger partial charge in [0.05, 0.1) is 17.6 Å². The molecule has 2 nitrogen and oxygen atoms in total. The monoisotopic (exact) mass is 367 g/mol. The van der Waals surface area contributed by atoms with Crippen LogP contribution >= 0.6 is 27.3 Å². The Hall–Kier alpha value is -0.840. The molecule has 4 heteroatoms. The second-order valence-corrected chi connectivity index (χ2v) is 7.46. The van der Waals surface area contributed by atoms with Crippen molar-refractivity contribution in [3.05, 3.63) is 49.6 Å². The topological polar surface area (TPSA) is 21.3 Å². The number of methoxy groups -OCH3 is 1. The van der Waals surface area contributed by atoms with E-state index in [4.69, 9.17) is 4.74 Å². The van der Waals surface area contributed by atoms with Crippen LogP contribution in [0.4, 0.5) is 0 Å². The maximum Gasteiger partial charge on any atom is 0.133 e. The molecule has 114 valence electrons. The molecule has 0 saturated heterocycles. The first-order valence-electron chi connectivity index (χ1n) is 7.20. The maximum absolute atomic E-state index is 5.33. The maximum atomic E-state index is 5.33. The van der Waals surface area contributed by atoms with Crippen molar-refractivity contribution in [3.63, 3.8) is 0 Å². The molecule has 21 heavy (non-hydrogen) atoms. The summed E-state index contributed by atoms with van der Waals surface area (Å²) < 4.78 is 6.32. The molecular weight excluding hydrogens is 346 g/mol. The summed E-state index contributed by atoms with van der Waals surface area (Å²) in [6.45, 7) is 7.57. The predicted octanol–water partition coefficient (Wildman–Crippen LogP) is 5.23. The van der Waals surface area contributed by atoms with Gasteiger partial charge in [0.25, 0.3) is 0 Å². The van der Waals surface area contributed by atoms with Crippen molar-refractivity contribution in [2.75, 3.05) is 13.7 Å². The number of hydrogen-bond acceptors (Lipinski definition) is 3. The van der Waals surface area contributed by atoms with Crippen molar-refractivity contribution in [2.24, 2.45) is 0 Å². The Morgan fingerprint density at radius 1 is 1.29 bits per heavy atom. The summed E-state index contributed by atoms with van der Waals surface area (Å²) in [4.78, 5) is 2.74. The van der Waals surface area contributed by atoms with Gasteiger partial charge in [0.1, 0.15) is 5.75 Å². The molecule has 1 heterocycles. The molecule has 0 bridgehead atoms. The van der Waals surface area contributed by atoms with Gasteiger partial charge in [0, 0.05) is 9.75 Å². The third-order valence-corrected chi connectivity index (χ3v) is 5.10. The summed E-state index contributed by atoms with van der Waals surface area (Å²) in [5.41, 5.74) is 2.64. The molecule has 0 aliphatic heterocycles. The lowest BCUT2D eigenvalue weighted by molar-refractivity contribution is 0.411. The van der Waals surface area contributed by atoms with Crippen LogP contribution in [-0.2, 0) is 0 Å². The lowest BCUT2D eigenvalue weighted by Crippen LogP contribution is -2.23. The molecule has 0 spiro atoms. The first kappa shape index (κ1) is 16.5. The van der Waals surface area contributed by atoms with Crippen LogP contribution < -0.4 is 10.1 Å². The lowest BCUT2D eigenvalue weighted by atomic mass is 9.98. The van der Waals surface area contributed by atoms with Crippen molar-refractivity contribution in [3.8, 4) is 5.75 Å². The highest BCUT2D eigenvalue weighted by atomic mass is 79.9. The van der Waals surface area contributed by atoms with E-state index < -0.39 is 0 Å². The fraction of sp³-hybridized carbons (Fsp3) is 0.412. The van der Waals surface area contributed by atoms with Crippen LogP contribution in [0.2, 0.25) is 0 Å². The van der Waals surface area contributed by atoms with Gasteiger partial charge >= 0.3 is 0 Å². The molecule has 1 N–H and O–H groups in total. The Balaban J connectivity index is 2.40. The number of thiophene rings is 1. The summed E-state index contributed by atoms with van der Waals surface area (Å²) in [6, 6.07) is 8.85. The zero-order valence-electron chi connectivity index (χ0n) is 13.0. The van der Waals surface area contributed by atoms with Crippen molar-refractivity contribution in [1.82, 2.24) is 5.32 Å². The third-order valence-electron chi connectivity index (χ3n) is 3.50. The Morgan fingerprint density at radius 3 is 2.57 bits per heavy atom. The van der Waals surface area contributed by atoms with Crippen LogP contribution in [0.3, 0.4) is 0 Å². The summed E-state index contributed by atoms with van der Waals surface area (Å²) in [7, 11) is 1.69. The SMILES string of the molecule is CCCNC(c1ccc(OC)c(Br)c1)c1cc(C)sc1C. The Morgan fingerprint density at radius 2 is 2.05 bits per heavy atom. The molecule has 2 rings (SSSR count). The summed E-state index contributed by atoms with van der Waals surface area (Å²) >= 11 is 5.45. The highest BCUT2D eigenvalue weighted by Crippen LogP contribution is 2.34. The second kappa shape index (κ2) is 7.43. The average molecular weight is 368 g/mol. The van der Waals surface area contributed by atoms with Crippen LogP contribution in [-0.4, -0.2) is 13.7 Å². The minimum Gasteiger partial charge on any atom is -0.496 e. The van der Waals surface area contributed by atoms with Crippen LogP contribution in [0, 0.1) is 13.8 Å². The molecule has 0 aliphatic carbocycles. The van der Waals surface area contributed by atoms with E-state index in [1.165, 1.54) is 20.9 Å². The number of rotatable bonds is 6. The molecule has 1 atom stereocenters. The van der Waals surface area contributed by atoms with E-state index in [0.717, 1.165) is 23.2 Å². The van der Waals surface area contributed by atoms with Crippen LogP contribution in [0.5, 0.6) is 5.75 Å². The van der Waals surface area contributed by atoms with Gasteiger partial charge in [-0.1, -0.05) is 13.0 Å². The highest BCUT2D eigenvalue weighted by molar-refractivity contribution is 9.10. The Kier molecular flexibility index (Phi) is 5.85. The van der Waals surface area contributed by atoms with E-state index in [1.807, 2.05) is 17.4 Å². The second-order valence-electron chi connectivity index (χ2n) is 5.15. The number of nitrogens with one attached hydrogen (secondary N) is 1. The standard InChI is InChI=1S/C17H22BrNOS/c1-5-8-19-17(14-9-11(2)21-12(14)3)13-6-7-16(20-4)15(18)10-13/h6-7,9-10,17,19H,5,8H2,1-4H3. The summed E-state index contributed by atoms with van der Waals surface area (Å²) in [5.74, 6) is 0.867. The molecule has 0 radical (unpaired) electrons. The van der Waals surface area contributed by atoms with E-state index in [9.17, 15) is 0 Å². The Bertz CT molecular complexity index is 609. The van der Waals surface area contributed by atoms with E-state index in [1.54, 1.807) is 7.11 Å². The van der Waals surface area contributed by atoms with Crippen molar-refractivity contribution >= 4 is 27.3 Å². The zero-order valence-corrected chi connectivity index (χ0v) is 15.4. The minimum absolute atomic E-state index is 0.233. The predicted molar refractivity (Wildman–Crippen MR) is 94.6 cm³/mol. The number of halogens is 1. The summed E-state index contributed by atoms with van der Waals surface area (Å²) in [6.07, 6.45) is 1.12. The van der Waals surface area contributed by atoms with E-state index in [0.29, 0.717) is 0 Å². The number of benzene rings is 1. The molecular formula is C17H22BrNOS. The number of hydrogen-bond donors (Lipinski definition) is 1. The normalized spacial score (nSPS) is 12.4. The molecule has 1 aromatic heterocycles. The van der Waals surface area contributed by atoms with Gasteiger partial charge in [-0.05, 0) is 72.1 Å². The zero-order chi connectivity index (χ0) is 15.4. The van der Waals surface area contributed by atoms with Crippen LogP contribution in [0.25, 0.3) is 0 Å². The smallest absolute Gasteiger partial charge is 0.133 e. The highest BCUT2D eigenvalue weighted by Gasteiger charge is 2.18. The average Bonchev–Trinajstić information content (AvgIpc) is 2.78. The number of ether oxygens (including phenoxy) is 1. The van der Waals surface area contributed by atoms with Crippen molar-refractivity contribution < 1.29 is 4.74 Å². The van der Waals surface area contributed by atoms with E-state index in [2.05, 4.69) is 60.2 Å². The largest absolute Gasteiger partial charge is 0.496 e.